The van der Waals surface area contributed by atoms with Gasteiger partial charge in [-0.25, -0.2) is 4.98 Å². The van der Waals surface area contributed by atoms with E-state index in [9.17, 15) is 10.1 Å². The van der Waals surface area contributed by atoms with E-state index in [2.05, 4.69) is 20.5 Å². The van der Waals surface area contributed by atoms with E-state index < -0.39 is 4.92 Å². The largest absolute Gasteiger partial charge is 0.349 e. The van der Waals surface area contributed by atoms with Crippen molar-refractivity contribution >= 4 is 11.6 Å². The van der Waals surface area contributed by atoms with Crippen molar-refractivity contribution in [2.75, 3.05) is 5.32 Å². The minimum absolute atomic E-state index is 0.0823. The van der Waals surface area contributed by atoms with Crippen LogP contribution in [0.15, 0.2) is 24.3 Å². The van der Waals surface area contributed by atoms with Gasteiger partial charge in [0.1, 0.15) is 0 Å². The summed E-state index contributed by atoms with van der Waals surface area (Å²) in [7, 11) is 0. The van der Waals surface area contributed by atoms with Crippen LogP contribution in [0.4, 0.5) is 11.6 Å². The van der Waals surface area contributed by atoms with Crippen molar-refractivity contribution in [3.8, 4) is 0 Å². The predicted octanol–water partition coefficient (Wildman–Crippen LogP) is 2.52. The fourth-order valence-corrected chi connectivity index (χ4v) is 2.03. The Morgan fingerprint density at radius 2 is 1.86 bits per heavy atom. The first-order chi connectivity index (χ1) is 10.2. The number of hydrogen-bond acceptors (Lipinski definition) is 6. The lowest BCUT2D eigenvalue weighted by molar-refractivity contribution is -0.385. The van der Waals surface area contributed by atoms with Crippen molar-refractivity contribution in [3.63, 3.8) is 0 Å². The molecule has 0 fully saturated rings. The van der Waals surface area contributed by atoms with Crippen LogP contribution in [0.2, 0.25) is 0 Å². The fourth-order valence-electron chi connectivity index (χ4n) is 2.03. The van der Waals surface area contributed by atoms with E-state index in [1.165, 1.54) is 6.07 Å². The summed E-state index contributed by atoms with van der Waals surface area (Å²) in [6, 6.07) is 6.60. The lowest BCUT2D eigenvalue weighted by Crippen LogP contribution is -2.10. The van der Waals surface area contributed by atoms with E-state index in [1.807, 2.05) is 13.8 Å². The van der Waals surface area contributed by atoms with Gasteiger partial charge in [-0.05, 0) is 12.8 Å². The Morgan fingerprint density at radius 3 is 2.52 bits per heavy atom. The highest BCUT2D eigenvalue weighted by Crippen LogP contribution is 2.18. The molecule has 110 valence electrons. The molecule has 0 aliphatic heterocycles. The molecule has 1 N–H and O–H groups in total. The lowest BCUT2D eigenvalue weighted by Gasteiger charge is -2.08. The predicted molar refractivity (Wildman–Crippen MR) is 79.0 cm³/mol. The molecule has 7 heteroatoms. The van der Waals surface area contributed by atoms with Crippen LogP contribution in [0.5, 0.6) is 0 Å². The molecule has 0 aliphatic rings. The molecule has 2 aromatic rings. The molecule has 0 radical (unpaired) electrons. The summed E-state index contributed by atoms with van der Waals surface area (Å²) >= 11 is 0. The van der Waals surface area contributed by atoms with Gasteiger partial charge in [0, 0.05) is 18.2 Å². The van der Waals surface area contributed by atoms with Crippen LogP contribution in [-0.4, -0.2) is 20.1 Å². The van der Waals surface area contributed by atoms with Gasteiger partial charge < -0.3 is 5.32 Å². The first-order valence-electron chi connectivity index (χ1n) is 6.84. The molecule has 2 rings (SSSR count). The number of nitrogens with zero attached hydrogens (tertiary/aromatic N) is 4. The molecular weight excluding hydrogens is 270 g/mol. The summed E-state index contributed by atoms with van der Waals surface area (Å²) < 4.78 is 0. The highest BCUT2D eigenvalue weighted by molar-refractivity contribution is 5.42. The molecule has 7 nitrogen and oxygen atoms in total. The van der Waals surface area contributed by atoms with Gasteiger partial charge >= 0.3 is 0 Å². The average molecular weight is 287 g/mol. The molecule has 0 amide bonds. The molecule has 1 aromatic heterocycles. The quantitative estimate of drug-likeness (QED) is 0.648. The van der Waals surface area contributed by atoms with Crippen molar-refractivity contribution in [1.82, 2.24) is 15.2 Å². The maximum absolute atomic E-state index is 11.0. The second-order valence-corrected chi connectivity index (χ2v) is 4.48. The number of nitro groups is 1. The van der Waals surface area contributed by atoms with E-state index in [-0.39, 0.29) is 12.2 Å². The second-order valence-electron chi connectivity index (χ2n) is 4.48. The van der Waals surface area contributed by atoms with E-state index in [0.717, 1.165) is 24.2 Å². The molecule has 0 saturated heterocycles. The molecule has 0 spiro atoms. The van der Waals surface area contributed by atoms with Crippen molar-refractivity contribution < 1.29 is 4.92 Å². The molecule has 0 saturated carbocycles. The number of para-hydroxylation sites is 1. The van der Waals surface area contributed by atoms with Crippen molar-refractivity contribution in [1.29, 1.82) is 0 Å². The first-order valence-corrected chi connectivity index (χ1v) is 6.84. The monoisotopic (exact) mass is 287 g/mol. The van der Waals surface area contributed by atoms with Gasteiger partial charge in [0.25, 0.3) is 5.69 Å². The Bertz CT molecular complexity index is 645. The first kappa shape index (κ1) is 14.8. The SMILES string of the molecule is CCc1nnc(NCc2ccccc2[N+](=O)[O-])nc1CC. The summed E-state index contributed by atoms with van der Waals surface area (Å²) in [6.07, 6.45) is 1.56. The van der Waals surface area contributed by atoms with E-state index in [4.69, 9.17) is 0 Å². The number of nitrogens with one attached hydrogen (secondary N) is 1. The summed E-state index contributed by atoms with van der Waals surface area (Å²) in [6.45, 7) is 4.30. The minimum Gasteiger partial charge on any atom is -0.349 e. The Labute approximate surface area is 122 Å². The van der Waals surface area contributed by atoms with Gasteiger partial charge in [0.15, 0.2) is 0 Å². The third-order valence-corrected chi connectivity index (χ3v) is 3.13. The zero-order valence-corrected chi connectivity index (χ0v) is 12.0. The molecule has 0 aliphatic carbocycles. The molecule has 1 heterocycles. The molecule has 0 atom stereocenters. The third-order valence-electron chi connectivity index (χ3n) is 3.13. The number of aromatic nitrogens is 3. The number of nitro benzene ring substituents is 1. The second kappa shape index (κ2) is 6.74. The molecular formula is C14H17N5O2. The topological polar surface area (TPSA) is 93.8 Å². The standard InChI is InChI=1S/C14H17N5O2/c1-3-11-12(4-2)17-18-14(16-11)15-9-10-7-5-6-8-13(10)19(20)21/h5-8H,3-4,9H2,1-2H3,(H,15,16,18). The van der Waals surface area contributed by atoms with Gasteiger partial charge in [-0.3, -0.25) is 10.1 Å². The van der Waals surface area contributed by atoms with Gasteiger partial charge in [-0.1, -0.05) is 32.0 Å². The minimum atomic E-state index is -0.395. The number of aryl methyl sites for hydroxylation is 2. The van der Waals surface area contributed by atoms with Crippen LogP contribution in [0.1, 0.15) is 30.8 Å². The molecule has 1 aromatic carbocycles. The highest BCUT2D eigenvalue weighted by Gasteiger charge is 2.12. The Hall–Kier alpha value is -2.57. The summed E-state index contributed by atoms with van der Waals surface area (Å²) in [5.41, 5.74) is 2.45. The smallest absolute Gasteiger partial charge is 0.274 e. The van der Waals surface area contributed by atoms with Crippen LogP contribution in [0.3, 0.4) is 0 Å². The molecule has 21 heavy (non-hydrogen) atoms. The highest BCUT2D eigenvalue weighted by atomic mass is 16.6. The van der Waals surface area contributed by atoms with Gasteiger partial charge in [0.2, 0.25) is 5.95 Å². The maximum atomic E-state index is 11.0. The number of rotatable bonds is 6. The normalized spacial score (nSPS) is 10.4. The summed E-state index contributed by atoms with van der Waals surface area (Å²) in [5, 5.41) is 22.1. The van der Waals surface area contributed by atoms with Crippen LogP contribution < -0.4 is 5.32 Å². The van der Waals surface area contributed by atoms with Crippen LogP contribution >= 0.6 is 0 Å². The summed E-state index contributed by atoms with van der Waals surface area (Å²) in [5.74, 6) is 0.391. The zero-order chi connectivity index (χ0) is 15.2. The van der Waals surface area contributed by atoms with Gasteiger partial charge in [-0.2, -0.15) is 5.10 Å². The van der Waals surface area contributed by atoms with E-state index in [0.29, 0.717) is 11.5 Å². The van der Waals surface area contributed by atoms with Gasteiger partial charge in [0.05, 0.1) is 16.3 Å². The fraction of sp³-hybridized carbons (Fsp3) is 0.357. The summed E-state index contributed by atoms with van der Waals surface area (Å²) in [4.78, 5) is 15.0. The van der Waals surface area contributed by atoms with Crippen LogP contribution in [0.25, 0.3) is 0 Å². The van der Waals surface area contributed by atoms with Crippen molar-refractivity contribution in [3.05, 3.63) is 51.3 Å². The van der Waals surface area contributed by atoms with Crippen LogP contribution in [-0.2, 0) is 19.4 Å². The molecule has 0 bridgehead atoms. The lowest BCUT2D eigenvalue weighted by atomic mass is 10.2. The van der Waals surface area contributed by atoms with Gasteiger partial charge in [-0.15, -0.1) is 5.10 Å². The van der Waals surface area contributed by atoms with Crippen molar-refractivity contribution in [2.45, 2.75) is 33.2 Å². The molecule has 0 unspecified atom stereocenters. The third kappa shape index (κ3) is 3.50. The number of hydrogen-bond donors (Lipinski definition) is 1. The Balaban J connectivity index is 2.15. The van der Waals surface area contributed by atoms with Crippen LogP contribution in [0, 0.1) is 10.1 Å². The Kier molecular flexibility index (Phi) is 4.76. The number of anilines is 1. The maximum Gasteiger partial charge on any atom is 0.274 e. The average Bonchev–Trinajstić information content (AvgIpc) is 2.52. The number of benzene rings is 1. The van der Waals surface area contributed by atoms with Crippen molar-refractivity contribution in [2.24, 2.45) is 0 Å². The zero-order valence-electron chi connectivity index (χ0n) is 12.0. The Morgan fingerprint density at radius 1 is 1.14 bits per heavy atom. The van der Waals surface area contributed by atoms with E-state index in [1.54, 1.807) is 18.2 Å². The van der Waals surface area contributed by atoms with E-state index >= 15 is 0 Å².